The maximum atomic E-state index is 12.3. The Morgan fingerprint density at radius 3 is 2.56 bits per heavy atom. The van der Waals surface area contributed by atoms with Crippen molar-refractivity contribution in [3.63, 3.8) is 0 Å². The Labute approximate surface area is 158 Å². The van der Waals surface area contributed by atoms with Crippen molar-refractivity contribution >= 4 is 21.8 Å². The zero-order chi connectivity index (χ0) is 19.3. The van der Waals surface area contributed by atoms with Crippen molar-refractivity contribution in [2.24, 2.45) is 0 Å². The predicted molar refractivity (Wildman–Crippen MR) is 102 cm³/mol. The number of para-hydroxylation sites is 1. The molecule has 6 nitrogen and oxygen atoms in total. The Morgan fingerprint density at radius 2 is 1.89 bits per heavy atom. The lowest BCUT2D eigenvalue weighted by Crippen LogP contribution is -2.36. The molecule has 1 atom stereocenters. The molecule has 0 bridgehead atoms. The number of benzene rings is 2. The van der Waals surface area contributed by atoms with Gasteiger partial charge in [-0.1, -0.05) is 30.3 Å². The highest BCUT2D eigenvalue weighted by atomic mass is 32.2. The second kappa shape index (κ2) is 8.06. The molecule has 1 aliphatic rings. The van der Waals surface area contributed by atoms with Gasteiger partial charge in [0.15, 0.2) is 9.84 Å². The number of sulfone groups is 1. The van der Waals surface area contributed by atoms with Crippen LogP contribution in [0.2, 0.25) is 0 Å². The summed E-state index contributed by atoms with van der Waals surface area (Å²) in [4.78, 5) is 12.3. The van der Waals surface area contributed by atoms with Crippen LogP contribution in [0.4, 0.5) is 0 Å². The molecule has 7 heteroatoms. The van der Waals surface area contributed by atoms with E-state index in [0.717, 1.165) is 0 Å². The SMILES string of the molecule is N#C/C(=C\c1cccc(Oc2ccccc2)c1)C(=O)N[C@@H]1CCS(=O)(=O)C1. The van der Waals surface area contributed by atoms with Crippen LogP contribution in [0.15, 0.2) is 60.2 Å². The average molecular weight is 382 g/mol. The number of nitriles is 1. The van der Waals surface area contributed by atoms with Crippen LogP contribution >= 0.6 is 0 Å². The van der Waals surface area contributed by atoms with Gasteiger partial charge in [-0.15, -0.1) is 0 Å². The van der Waals surface area contributed by atoms with Gasteiger partial charge in [-0.2, -0.15) is 5.26 Å². The molecule has 1 amide bonds. The van der Waals surface area contributed by atoms with Gasteiger partial charge in [0, 0.05) is 6.04 Å². The minimum absolute atomic E-state index is 0.0580. The third-order valence-corrected chi connectivity index (χ3v) is 5.85. The molecule has 138 valence electrons. The van der Waals surface area contributed by atoms with E-state index in [4.69, 9.17) is 4.74 Å². The Morgan fingerprint density at radius 1 is 1.15 bits per heavy atom. The molecule has 27 heavy (non-hydrogen) atoms. The van der Waals surface area contributed by atoms with Crippen LogP contribution in [0.3, 0.4) is 0 Å². The lowest BCUT2D eigenvalue weighted by Gasteiger charge is -2.10. The fourth-order valence-corrected chi connectivity index (χ4v) is 4.45. The number of nitrogens with zero attached hydrogens (tertiary/aromatic N) is 1. The smallest absolute Gasteiger partial charge is 0.262 e. The number of rotatable bonds is 5. The molecule has 2 aromatic carbocycles. The summed E-state index contributed by atoms with van der Waals surface area (Å²) in [5.41, 5.74) is 0.547. The van der Waals surface area contributed by atoms with Crippen molar-refractivity contribution < 1.29 is 17.9 Å². The van der Waals surface area contributed by atoms with Crippen molar-refractivity contribution in [2.45, 2.75) is 12.5 Å². The second-order valence-electron chi connectivity index (χ2n) is 6.23. The number of ether oxygens (including phenoxy) is 1. The number of hydrogen-bond donors (Lipinski definition) is 1. The van der Waals surface area contributed by atoms with Crippen LogP contribution in [0.25, 0.3) is 6.08 Å². The number of nitrogens with one attached hydrogen (secondary N) is 1. The molecule has 1 N–H and O–H groups in total. The van der Waals surface area contributed by atoms with Crippen molar-refractivity contribution in [3.8, 4) is 17.6 Å². The molecule has 0 aliphatic carbocycles. The van der Waals surface area contributed by atoms with E-state index >= 15 is 0 Å². The molecular weight excluding hydrogens is 364 g/mol. The molecule has 1 heterocycles. The monoisotopic (exact) mass is 382 g/mol. The molecule has 1 aliphatic heterocycles. The van der Waals surface area contributed by atoms with E-state index in [0.29, 0.717) is 23.5 Å². The topological polar surface area (TPSA) is 96.3 Å². The van der Waals surface area contributed by atoms with E-state index in [1.54, 1.807) is 24.3 Å². The van der Waals surface area contributed by atoms with Gasteiger partial charge >= 0.3 is 0 Å². The minimum Gasteiger partial charge on any atom is -0.457 e. The number of carbonyl (C=O) groups is 1. The number of amides is 1. The van der Waals surface area contributed by atoms with Gasteiger partial charge < -0.3 is 10.1 Å². The summed E-state index contributed by atoms with van der Waals surface area (Å²) in [5.74, 6) is 0.656. The van der Waals surface area contributed by atoms with Crippen LogP contribution in [-0.4, -0.2) is 31.9 Å². The molecule has 3 rings (SSSR count). The average Bonchev–Trinajstić information content (AvgIpc) is 2.99. The summed E-state index contributed by atoms with van der Waals surface area (Å²) in [5, 5.41) is 11.9. The van der Waals surface area contributed by atoms with Gasteiger partial charge in [-0.3, -0.25) is 4.79 Å². The molecule has 0 radical (unpaired) electrons. The van der Waals surface area contributed by atoms with Crippen LogP contribution < -0.4 is 10.1 Å². The van der Waals surface area contributed by atoms with Crippen molar-refractivity contribution in [3.05, 3.63) is 65.7 Å². The van der Waals surface area contributed by atoms with Crippen molar-refractivity contribution in [1.82, 2.24) is 5.32 Å². The first-order valence-corrected chi connectivity index (χ1v) is 10.2. The highest BCUT2D eigenvalue weighted by Gasteiger charge is 2.29. The van der Waals surface area contributed by atoms with E-state index in [-0.39, 0.29) is 17.1 Å². The van der Waals surface area contributed by atoms with E-state index in [2.05, 4.69) is 5.32 Å². The lowest BCUT2D eigenvalue weighted by atomic mass is 10.1. The van der Waals surface area contributed by atoms with Gasteiger partial charge in [-0.05, 0) is 42.3 Å². The molecule has 2 aromatic rings. The normalized spacial score (nSPS) is 18.5. The molecule has 0 unspecified atom stereocenters. The third-order valence-electron chi connectivity index (χ3n) is 4.08. The minimum atomic E-state index is -3.10. The maximum Gasteiger partial charge on any atom is 0.262 e. The first kappa shape index (κ1) is 18.7. The Kier molecular flexibility index (Phi) is 5.57. The van der Waals surface area contributed by atoms with Gasteiger partial charge in [0.05, 0.1) is 11.5 Å². The fourth-order valence-electron chi connectivity index (χ4n) is 2.78. The van der Waals surface area contributed by atoms with Crippen LogP contribution in [0.5, 0.6) is 11.5 Å². The Bertz CT molecular complexity index is 1010. The van der Waals surface area contributed by atoms with Crippen LogP contribution in [-0.2, 0) is 14.6 Å². The van der Waals surface area contributed by atoms with Crippen molar-refractivity contribution in [2.75, 3.05) is 11.5 Å². The summed E-state index contributed by atoms with van der Waals surface area (Å²) < 4.78 is 28.7. The van der Waals surface area contributed by atoms with Gasteiger partial charge in [0.1, 0.15) is 23.1 Å². The quantitative estimate of drug-likeness (QED) is 0.633. The largest absolute Gasteiger partial charge is 0.457 e. The molecule has 0 spiro atoms. The summed E-state index contributed by atoms with van der Waals surface area (Å²) >= 11 is 0. The first-order chi connectivity index (χ1) is 12.9. The first-order valence-electron chi connectivity index (χ1n) is 8.41. The second-order valence-corrected chi connectivity index (χ2v) is 8.46. The standard InChI is InChI=1S/C20H18N2O4S/c21-13-16(20(23)22-17-9-10-27(24,25)14-17)11-15-5-4-8-19(12-15)26-18-6-2-1-3-7-18/h1-8,11-12,17H,9-10,14H2,(H,22,23)/b16-11+/t17-/m1/s1. The van der Waals surface area contributed by atoms with Crippen LogP contribution in [0, 0.1) is 11.3 Å². The maximum absolute atomic E-state index is 12.3. The molecule has 1 saturated heterocycles. The highest BCUT2D eigenvalue weighted by Crippen LogP contribution is 2.23. The summed E-state index contributed by atoms with van der Waals surface area (Å²) in [6.07, 6.45) is 1.82. The number of hydrogen-bond acceptors (Lipinski definition) is 5. The zero-order valence-electron chi connectivity index (χ0n) is 14.5. The molecular formula is C20H18N2O4S. The number of carbonyl (C=O) groups excluding carboxylic acids is 1. The summed E-state index contributed by atoms with van der Waals surface area (Å²) in [6, 6.07) is 17.7. The summed E-state index contributed by atoms with van der Waals surface area (Å²) in [6.45, 7) is 0. The third kappa shape index (κ3) is 5.19. The van der Waals surface area contributed by atoms with E-state index in [1.807, 2.05) is 36.4 Å². The van der Waals surface area contributed by atoms with E-state index in [1.165, 1.54) is 6.08 Å². The Balaban J connectivity index is 1.72. The fraction of sp³-hybridized carbons (Fsp3) is 0.200. The lowest BCUT2D eigenvalue weighted by molar-refractivity contribution is -0.117. The molecule has 1 fully saturated rings. The molecule has 0 aromatic heterocycles. The zero-order valence-corrected chi connectivity index (χ0v) is 15.3. The van der Waals surface area contributed by atoms with Crippen LogP contribution in [0.1, 0.15) is 12.0 Å². The van der Waals surface area contributed by atoms with Crippen molar-refractivity contribution in [1.29, 1.82) is 5.26 Å². The van der Waals surface area contributed by atoms with Gasteiger partial charge in [-0.25, -0.2) is 8.42 Å². The van der Waals surface area contributed by atoms with Gasteiger partial charge in [0.2, 0.25) is 0 Å². The Hall–Kier alpha value is -3.11. The van der Waals surface area contributed by atoms with Gasteiger partial charge in [0.25, 0.3) is 5.91 Å². The highest BCUT2D eigenvalue weighted by molar-refractivity contribution is 7.91. The predicted octanol–water partition coefficient (Wildman–Crippen LogP) is 2.69. The van der Waals surface area contributed by atoms with E-state index < -0.39 is 21.8 Å². The molecule has 0 saturated carbocycles. The van der Waals surface area contributed by atoms with E-state index in [9.17, 15) is 18.5 Å². The summed E-state index contributed by atoms with van der Waals surface area (Å²) in [7, 11) is -3.10.